The Labute approximate surface area is 203 Å². The van der Waals surface area contributed by atoms with E-state index in [-0.39, 0.29) is 11.9 Å². The van der Waals surface area contributed by atoms with Crippen LogP contribution in [0, 0.1) is 0 Å². The zero-order valence-electron chi connectivity index (χ0n) is 20.3. The first kappa shape index (κ1) is 23.1. The molecule has 180 valence electrons. The van der Waals surface area contributed by atoms with Gasteiger partial charge in [0, 0.05) is 43.3 Å². The molecule has 3 heterocycles. The fourth-order valence-electron chi connectivity index (χ4n) is 6.16. The van der Waals surface area contributed by atoms with Crippen molar-refractivity contribution >= 4 is 5.91 Å². The average Bonchev–Trinajstić information content (AvgIpc) is 2.88. The first-order chi connectivity index (χ1) is 16.7. The van der Waals surface area contributed by atoms with Crippen molar-refractivity contribution in [3.05, 3.63) is 77.9 Å². The third kappa shape index (κ3) is 4.77. The van der Waals surface area contributed by atoms with Crippen LogP contribution in [0.25, 0.3) is 0 Å². The quantitative estimate of drug-likeness (QED) is 0.577. The third-order valence-electron chi connectivity index (χ3n) is 7.85. The molecule has 0 radical (unpaired) electrons. The summed E-state index contributed by atoms with van der Waals surface area (Å²) >= 11 is 0. The predicted octanol–water partition coefficient (Wildman–Crippen LogP) is 4.79. The molecule has 3 atom stereocenters. The highest BCUT2D eigenvalue weighted by Crippen LogP contribution is 2.43. The topological polar surface area (TPSA) is 44.8 Å². The third-order valence-corrected chi connectivity index (χ3v) is 7.85. The molecule has 0 spiro atoms. The Morgan fingerprint density at radius 2 is 1.82 bits per heavy atom. The number of amides is 1. The van der Waals surface area contributed by atoms with Gasteiger partial charge >= 0.3 is 0 Å². The van der Waals surface area contributed by atoms with Gasteiger partial charge in [-0.1, -0.05) is 49.6 Å². The van der Waals surface area contributed by atoms with E-state index in [4.69, 9.17) is 4.74 Å². The smallest absolute Gasteiger partial charge is 0.251 e. The van der Waals surface area contributed by atoms with Crippen LogP contribution in [-0.2, 0) is 0 Å². The van der Waals surface area contributed by atoms with Gasteiger partial charge in [0.05, 0.1) is 13.2 Å². The molecule has 1 saturated carbocycles. The van der Waals surface area contributed by atoms with Crippen LogP contribution in [-0.4, -0.2) is 60.6 Å². The lowest BCUT2D eigenvalue weighted by Gasteiger charge is -2.59. The summed E-state index contributed by atoms with van der Waals surface area (Å²) < 4.78 is 5.55. The van der Waals surface area contributed by atoms with Gasteiger partial charge in [-0.05, 0) is 54.7 Å². The number of hydrogen-bond acceptors (Lipinski definition) is 4. The molecule has 3 saturated heterocycles. The lowest BCUT2D eigenvalue weighted by molar-refractivity contribution is -0.0850. The summed E-state index contributed by atoms with van der Waals surface area (Å²) in [6.07, 6.45) is 9.17. The summed E-state index contributed by atoms with van der Waals surface area (Å²) in [5.41, 5.74) is 3.22. The summed E-state index contributed by atoms with van der Waals surface area (Å²) in [6, 6.07) is 18.3. The number of carbonyl (C=O) groups excluding carboxylic acids is 1. The van der Waals surface area contributed by atoms with Crippen molar-refractivity contribution in [3.8, 4) is 5.75 Å². The fraction of sp³-hybridized carbons (Fsp3) is 0.483. The largest absolute Gasteiger partial charge is 0.497 e. The Bertz CT molecular complexity index is 987. The molecule has 6 rings (SSSR count). The van der Waals surface area contributed by atoms with Gasteiger partial charge in [-0.2, -0.15) is 0 Å². The highest BCUT2D eigenvalue weighted by atomic mass is 16.5. The fourth-order valence-corrected chi connectivity index (χ4v) is 6.16. The molecular weight excluding hydrogens is 422 g/mol. The van der Waals surface area contributed by atoms with E-state index in [1.807, 2.05) is 24.3 Å². The summed E-state index contributed by atoms with van der Waals surface area (Å²) in [7, 11) is 1.72. The molecule has 4 aliphatic rings. The number of nitrogens with zero attached hydrogens (tertiary/aromatic N) is 2. The number of piperidine rings is 1. The maximum atomic E-state index is 12.9. The normalized spacial score (nSPS) is 24.1. The highest BCUT2D eigenvalue weighted by Gasteiger charge is 2.48. The molecule has 2 aromatic carbocycles. The minimum Gasteiger partial charge on any atom is -0.497 e. The van der Waals surface area contributed by atoms with E-state index >= 15 is 0 Å². The molecule has 3 unspecified atom stereocenters. The second-order valence-corrected chi connectivity index (χ2v) is 10.1. The van der Waals surface area contributed by atoms with Crippen molar-refractivity contribution in [1.82, 2.24) is 15.1 Å². The van der Waals surface area contributed by atoms with Crippen molar-refractivity contribution in [2.75, 3.05) is 26.7 Å². The lowest BCUT2D eigenvalue weighted by Crippen LogP contribution is -2.69. The molecule has 34 heavy (non-hydrogen) atoms. The molecule has 2 aromatic rings. The van der Waals surface area contributed by atoms with E-state index < -0.39 is 0 Å². The van der Waals surface area contributed by atoms with E-state index in [9.17, 15) is 4.79 Å². The van der Waals surface area contributed by atoms with E-state index in [1.54, 1.807) is 7.11 Å². The Hall–Kier alpha value is -2.63. The summed E-state index contributed by atoms with van der Waals surface area (Å²) in [4.78, 5) is 18.0. The molecule has 5 heteroatoms. The van der Waals surface area contributed by atoms with Gasteiger partial charge in [0.15, 0.2) is 0 Å². The SMILES string of the molecule is C=CCN1CC2CC(C1)N2C(c1ccc(C(=O)NC2CCCCC2)cc1)c1cccc(OC)c1. The Morgan fingerprint density at radius 1 is 1.09 bits per heavy atom. The number of piperazine rings is 1. The van der Waals surface area contributed by atoms with Gasteiger partial charge in [0.1, 0.15) is 5.75 Å². The standard InChI is InChI=1S/C29H37N3O2/c1-3-16-31-19-25-18-26(20-31)32(25)28(23-8-7-11-27(17-23)34-2)21-12-14-22(15-13-21)29(33)30-24-9-5-4-6-10-24/h3,7-8,11-15,17,24-26,28H,1,4-6,9-10,16,18-20H2,2H3,(H,30,33). The van der Waals surface area contributed by atoms with Crippen molar-refractivity contribution in [2.45, 2.75) is 62.7 Å². The molecule has 2 bridgehead atoms. The van der Waals surface area contributed by atoms with Crippen LogP contribution < -0.4 is 10.1 Å². The van der Waals surface area contributed by atoms with Crippen LogP contribution in [0.1, 0.15) is 66.1 Å². The zero-order valence-corrected chi connectivity index (χ0v) is 20.3. The van der Waals surface area contributed by atoms with Gasteiger partial charge in [0.25, 0.3) is 5.91 Å². The van der Waals surface area contributed by atoms with Crippen LogP contribution >= 0.6 is 0 Å². The number of ether oxygens (including phenoxy) is 1. The van der Waals surface area contributed by atoms with Gasteiger partial charge in [0.2, 0.25) is 0 Å². The summed E-state index contributed by atoms with van der Waals surface area (Å²) in [5, 5.41) is 3.25. The van der Waals surface area contributed by atoms with Gasteiger partial charge in [-0.3, -0.25) is 14.6 Å². The number of carbonyl (C=O) groups is 1. The minimum atomic E-state index is 0.0530. The monoisotopic (exact) mass is 459 g/mol. The molecule has 1 amide bonds. The number of hydrogen-bond donors (Lipinski definition) is 1. The number of benzene rings is 2. The van der Waals surface area contributed by atoms with E-state index in [0.717, 1.165) is 43.8 Å². The van der Waals surface area contributed by atoms with Crippen molar-refractivity contribution < 1.29 is 9.53 Å². The number of nitrogens with one attached hydrogen (secondary N) is 1. The molecule has 5 nitrogen and oxygen atoms in total. The first-order valence-corrected chi connectivity index (χ1v) is 12.8. The summed E-state index contributed by atoms with van der Waals surface area (Å²) in [6.45, 7) is 7.02. The van der Waals surface area contributed by atoms with E-state index in [2.05, 4.69) is 52.0 Å². The molecular formula is C29H37N3O2. The van der Waals surface area contributed by atoms with Crippen LogP contribution in [0.4, 0.5) is 0 Å². The molecule has 1 N–H and O–H groups in total. The van der Waals surface area contributed by atoms with Gasteiger partial charge < -0.3 is 10.1 Å². The average molecular weight is 460 g/mol. The second kappa shape index (κ2) is 10.3. The number of methoxy groups -OCH3 is 1. The van der Waals surface area contributed by atoms with Crippen LogP contribution in [0.3, 0.4) is 0 Å². The second-order valence-electron chi connectivity index (χ2n) is 10.1. The lowest BCUT2D eigenvalue weighted by atomic mass is 9.81. The Balaban J connectivity index is 1.38. The van der Waals surface area contributed by atoms with Gasteiger partial charge in [-0.25, -0.2) is 0 Å². The maximum Gasteiger partial charge on any atom is 0.251 e. The maximum absolute atomic E-state index is 12.9. The molecule has 1 aliphatic carbocycles. The number of rotatable bonds is 8. The van der Waals surface area contributed by atoms with Crippen LogP contribution in [0.5, 0.6) is 5.75 Å². The first-order valence-electron chi connectivity index (χ1n) is 12.8. The predicted molar refractivity (Wildman–Crippen MR) is 136 cm³/mol. The minimum absolute atomic E-state index is 0.0530. The Morgan fingerprint density at radius 3 is 2.50 bits per heavy atom. The van der Waals surface area contributed by atoms with Crippen molar-refractivity contribution in [1.29, 1.82) is 0 Å². The van der Waals surface area contributed by atoms with E-state index in [1.165, 1.54) is 36.8 Å². The van der Waals surface area contributed by atoms with E-state index in [0.29, 0.717) is 18.1 Å². The van der Waals surface area contributed by atoms with Gasteiger partial charge in [-0.15, -0.1) is 6.58 Å². The van der Waals surface area contributed by atoms with Crippen LogP contribution in [0.15, 0.2) is 61.2 Å². The molecule has 3 aliphatic heterocycles. The van der Waals surface area contributed by atoms with Crippen molar-refractivity contribution in [3.63, 3.8) is 0 Å². The zero-order chi connectivity index (χ0) is 23.5. The highest BCUT2D eigenvalue weighted by molar-refractivity contribution is 5.94. The van der Waals surface area contributed by atoms with Crippen LogP contribution in [0.2, 0.25) is 0 Å². The summed E-state index contributed by atoms with van der Waals surface area (Å²) in [5.74, 6) is 0.933. The Kier molecular flexibility index (Phi) is 7.02. The molecule has 0 aromatic heterocycles. The van der Waals surface area contributed by atoms with Crippen molar-refractivity contribution in [2.24, 2.45) is 0 Å². The molecule has 4 fully saturated rings. The number of fused-ring (bicyclic) bond motifs is 2.